The lowest BCUT2D eigenvalue weighted by Gasteiger charge is -1.99. The highest BCUT2D eigenvalue weighted by Gasteiger charge is 2.34. The van der Waals surface area contributed by atoms with Crippen LogP contribution in [0.2, 0.25) is 0 Å². The van der Waals surface area contributed by atoms with Crippen molar-refractivity contribution >= 4 is 22.6 Å². The third-order valence-corrected chi connectivity index (χ3v) is 3.04. The van der Waals surface area contributed by atoms with Crippen LogP contribution in [0.1, 0.15) is 17.9 Å². The van der Waals surface area contributed by atoms with Crippen molar-refractivity contribution in [3.8, 4) is 0 Å². The first-order chi connectivity index (χ1) is 5.68. The second kappa shape index (κ2) is 2.96. The highest BCUT2D eigenvalue weighted by Crippen LogP contribution is 2.39. The van der Waals surface area contributed by atoms with Gasteiger partial charge in [0.1, 0.15) is 5.82 Å². The summed E-state index contributed by atoms with van der Waals surface area (Å²) in [5, 5.41) is 0. The van der Waals surface area contributed by atoms with Gasteiger partial charge in [0.25, 0.3) is 0 Å². The Morgan fingerprint density at radius 3 is 2.67 bits per heavy atom. The number of rotatable bonds is 1. The normalized spacial score (nSPS) is 27.2. The van der Waals surface area contributed by atoms with Gasteiger partial charge in [0.15, 0.2) is 0 Å². The molecule has 2 atom stereocenters. The summed E-state index contributed by atoms with van der Waals surface area (Å²) in [6, 6.07) is 5.52. The van der Waals surface area contributed by atoms with Crippen LogP contribution >= 0.6 is 22.6 Å². The molecule has 0 radical (unpaired) electrons. The molecule has 1 saturated carbocycles. The Kier molecular flexibility index (Phi) is 2.08. The molecular formula is C9H9FIN. The molecule has 0 heterocycles. The standard InChI is InChI=1S/C9H9FIN/c10-7-2-1-5(3-8(7)11)6-4-9(6)12/h1-3,6,9H,4,12H2/t6-,9+/m0/s1. The largest absolute Gasteiger partial charge is 0.327 e. The molecule has 12 heavy (non-hydrogen) atoms. The van der Waals surface area contributed by atoms with Crippen LogP contribution in [0.25, 0.3) is 0 Å². The molecule has 0 aromatic heterocycles. The summed E-state index contributed by atoms with van der Waals surface area (Å²) >= 11 is 2.00. The molecular weight excluding hydrogens is 268 g/mol. The topological polar surface area (TPSA) is 26.0 Å². The van der Waals surface area contributed by atoms with Crippen molar-refractivity contribution in [1.29, 1.82) is 0 Å². The Hall–Kier alpha value is -0.160. The van der Waals surface area contributed by atoms with E-state index in [4.69, 9.17) is 5.73 Å². The average molecular weight is 277 g/mol. The first-order valence-corrected chi connectivity index (χ1v) is 4.97. The zero-order chi connectivity index (χ0) is 8.72. The smallest absolute Gasteiger partial charge is 0.136 e. The van der Waals surface area contributed by atoms with Gasteiger partial charge in [0.05, 0.1) is 0 Å². The predicted molar refractivity (Wildman–Crippen MR) is 54.5 cm³/mol. The molecule has 1 aliphatic carbocycles. The van der Waals surface area contributed by atoms with Gasteiger partial charge in [-0.25, -0.2) is 4.39 Å². The second-order valence-electron chi connectivity index (χ2n) is 3.18. The third-order valence-electron chi connectivity index (χ3n) is 2.21. The van der Waals surface area contributed by atoms with Gasteiger partial charge in [-0.2, -0.15) is 0 Å². The fourth-order valence-electron chi connectivity index (χ4n) is 1.34. The monoisotopic (exact) mass is 277 g/mol. The summed E-state index contributed by atoms with van der Waals surface area (Å²) in [6.07, 6.45) is 1.04. The van der Waals surface area contributed by atoms with Crippen LogP contribution in [0, 0.1) is 9.39 Å². The number of nitrogens with two attached hydrogens (primary N) is 1. The molecule has 0 unspecified atom stereocenters. The highest BCUT2D eigenvalue weighted by atomic mass is 127. The fourth-order valence-corrected chi connectivity index (χ4v) is 1.88. The maximum absolute atomic E-state index is 12.8. The van der Waals surface area contributed by atoms with Crippen molar-refractivity contribution in [2.24, 2.45) is 5.73 Å². The van der Waals surface area contributed by atoms with Crippen molar-refractivity contribution in [1.82, 2.24) is 0 Å². The Balaban J connectivity index is 2.29. The summed E-state index contributed by atoms with van der Waals surface area (Å²) in [7, 11) is 0. The van der Waals surface area contributed by atoms with Gasteiger partial charge in [-0.3, -0.25) is 0 Å². The van der Waals surface area contributed by atoms with E-state index < -0.39 is 0 Å². The van der Waals surface area contributed by atoms with E-state index in [9.17, 15) is 4.39 Å². The molecule has 1 nitrogen and oxygen atoms in total. The second-order valence-corrected chi connectivity index (χ2v) is 4.34. The highest BCUT2D eigenvalue weighted by molar-refractivity contribution is 14.1. The Labute approximate surface area is 84.3 Å². The molecule has 3 heteroatoms. The summed E-state index contributed by atoms with van der Waals surface area (Å²) < 4.78 is 13.5. The maximum atomic E-state index is 12.8. The van der Waals surface area contributed by atoms with E-state index in [0.29, 0.717) is 15.5 Å². The summed E-state index contributed by atoms with van der Waals surface area (Å²) in [6.45, 7) is 0. The quantitative estimate of drug-likeness (QED) is 0.783. The van der Waals surface area contributed by atoms with Gasteiger partial charge in [0, 0.05) is 15.5 Å². The van der Waals surface area contributed by atoms with Gasteiger partial charge < -0.3 is 5.73 Å². The number of hydrogen-bond donors (Lipinski definition) is 1. The Morgan fingerprint density at radius 2 is 2.17 bits per heavy atom. The van der Waals surface area contributed by atoms with E-state index in [1.807, 2.05) is 34.7 Å². The zero-order valence-electron chi connectivity index (χ0n) is 6.43. The maximum Gasteiger partial charge on any atom is 0.136 e. The van der Waals surface area contributed by atoms with E-state index in [2.05, 4.69) is 0 Å². The lowest BCUT2D eigenvalue weighted by Crippen LogP contribution is -2.01. The van der Waals surface area contributed by atoms with E-state index in [-0.39, 0.29) is 5.82 Å². The molecule has 1 aliphatic rings. The van der Waals surface area contributed by atoms with Crippen LogP contribution in [0.4, 0.5) is 4.39 Å². The van der Waals surface area contributed by atoms with Crippen molar-refractivity contribution in [2.75, 3.05) is 0 Å². The number of benzene rings is 1. The van der Waals surface area contributed by atoms with Crippen LogP contribution in [-0.4, -0.2) is 6.04 Å². The molecule has 0 bridgehead atoms. The van der Waals surface area contributed by atoms with Crippen LogP contribution < -0.4 is 5.73 Å². The van der Waals surface area contributed by atoms with Gasteiger partial charge >= 0.3 is 0 Å². The Bertz CT molecular complexity index is 313. The lowest BCUT2D eigenvalue weighted by molar-refractivity contribution is 0.619. The summed E-state index contributed by atoms with van der Waals surface area (Å²) in [5.41, 5.74) is 6.86. The van der Waals surface area contributed by atoms with Gasteiger partial charge in [0.2, 0.25) is 0 Å². The molecule has 0 saturated heterocycles. The predicted octanol–water partition coefficient (Wildman–Crippen LogP) is 2.24. The minimum absolute atomic E-state index is 0.145. The molecule has 1 fully saturated rings. The number of hydrogen-bond acceptors (Lipinski definition) is 1. The van der Waals surface area contributed by atoms with Gasteiger partial charge in [-0.05, 0) is 46.7 Å². The molecule has 2 N–H and O–H groups in total. The Morgan fingerprint density at radius 1 is 1.50 bits per heavy atom. The summed E-state index contributed by atoms with van der Waals surface area (Å²) in [5.74, 6) is 0.327. The van der Waals surface area contributed by atoms with E-state index in [1.165, 1.54) is 11.6 Å². The fraction of sp³-hybridized carbons (Fsp3) is 0.333. The van der Waals surface area contributed by atoms with Crippen LogP contribution in [0.5, 0.6) is 0 Å². The minimum atomic E-state index is -0.145. The summed E-state index contributed by atoms with van der Waals surface area (Å²) in [4.78, 5) is 0. The van der Waals surface area contributed by atoms with Gasteiger partial charge in [-0.1, -0.05) is 6.07 Å². The van der Waals surface area contributed by atoms with E-state index in [0.717, 1.165) is 6.42 Å². The van der Waals surface area contributed by atoms with Gasteiger partial charge in [-0.15, -0.1) is 0 Å². The van der Waals surface area contributed by atoms with Crippen LogP contribution in [0.15, 0.2) is 18.2 Å². The number of halogens is 2. The minimum Gasteiger partial charge on any atom is -0.327 e. The van der Waals surface area contributed by atoms with Crippen molar-refractivity contribution < 1.29 is 4.39 Å². The molecule has 64 valence electrons. The van der Waals surface area contributed by atoms with Crippen LogP contribution in [-0.2, 0) is 0 Å². The average Bonchev–Trinajstić information content (AvgIpc) is 2.73. The van der Waals surface area contributed by atoms with Crippen LogP contribution in [0.3, 0.4) is 0 Å². The lowest BCUT2D eigenvalue weighted by atomic mass is 10.1. The molecule has 0 amide bonds. The van der Waals surface area contributed by atoms with Crippen molar-refractivity contribution in [3.05, 3.63) is 33.1 Å². The van der Waals surface area contributed by atoms with Crippen molar-refractivity contribution in [2.45, 2.75) is 18.4 Å². The molecule has 1 aromatic carbocycles. The third kappa shape index (κ3) is 1.47. The molecule has 1 aromatic rings. The first kappa shape index (κ1) is 8.44. The van der Waals surface area contributed by atoms with E-state index in [1.54, 1.807) is 0 Å². The molecule has 2 rings (SSSR count). The zero-order valence-corrected chi connectivity index (χ0v) is 8.58. The molecule has 0 spiro atoms. The SMILES string of the molecule is N[C@@H]1C[C@H]1c1ccc(F)c(I)c1. The first-order valence-electron chi connectivity index (χ1n) is 3.89. The molecule has 0 aliphatic heterocycles. The van der Waals surface area contributed by atoms with Crippen molar-refractivity contribution in [3.63, 3.8) is 0 Å². The van der Waals surface area contributed by atoms with E-state index >= 15 is 0 Å².